The summed E-state index contributed by atoms with van der Waals surface area (Å²) in [6.45, 7) is 4.30. The van der Waals surface area contributed by atoms with E-state index in [0.717, 1.165) is 28.1 Å². The van der Waals surface area contributed by atoms with E-state index in [4.69, 9.17) is 4.74 Å². The van der Waals surface area contributed by atoms with E-state index in [-0.39, 0.29) is 6.61 Å². The summed E-state index contributed by atoms with van der Waals surface area (Å²) in [5, 5.41) is 15.0. The summed E-state index contributed by atoms with van der Waals surface area (Å²) < 4.78 is 9.41. The van der Waals surface area contributed by atoms with E-state index < -0.39 is 0 Å². The average molecular weight is 439 g/mol. The summed E-state index contributed by atoms with van der Waals surface area (Å²) in [6, 6.07) is 19.6. The largest absolute Gasteiger partial charge is 0.458 e. The standard InChI is InChI=1S/C23H21N9O/c1-16(14-17-8-5-6-13-24-17)25-21-12-7-9-18(26-21)15-33-23-27-19-10-3-4-11-20(19)32(23)22-28-29-30-31(22)2/h3-13H,1,14-15H2,2H3,(H,25,26). The first-order chi connectivity index (χ1) is 16.2. The molecule has 0 aliphatic rings. The van der Waals surface area contributed by atoms with E-state index in [1.165, 1.54) is 0 Å². The molecule has 0 saturated heterocycles. The minimum Gasteiger partial charge on any atom is -0.458 e. The van der Waals surface area contributed by atoms with E-state index in [9.17, 15) is 0 Å². The molecule has 4 heterocycles. The van der Waals surface area contributed by atoms with Crippen LogP contribution in [0.3, 0.4) is 0 Å². The number of rotatable bonds is 8. The molecule has 0 unspecified atom stereocenters. The molecule has 0 bridgehead atoms. The van der Waals surface area contributed by atoms with Gasteiger partial charge in [0, 0.05) is 31.1 Å². The number of aromatic nitrogens is 8. The van der Waals surface area contributed by atoms with Crippen LogP contribution in [-0.2, 0) is 20.1 Å². The molecule has 0 saturated carbocycles. The molecule has 0 atom stereocenters. The lowest BCUT2D eigenvalue weighted by Gasteiger charge is -2.11. The van der Waals surface area contributed by atoms with Crippen LogP contribution in [0.15, 0.2) is 79.1 Å². The molecule has 0 radical (unpaired) electrons. The van der Waals surface area contributed by atoms with E-state index in [0.29, 0.717) is 24.2 Å². The Morgan fingerprint density at radius 3 is 2.67 bits per heavy atom. The van der Waals surface area contributed by atoms with Gasteiger partial charge in [-0.2, -0.15) is 4.98 Å². The molecule has 1 N–H and O–H groups in total. The molecule has 164 valence electrons. The number of tetrazole rings is 1. The summed E-state index contributed by atoms with van der Waals surface area (Å²) in [5.41, 5.74) is 4.10. The number of nitrogens with zero attached hydrogens (tertiary/aromatic N) is 8. The molecular formula is C23H21N9O. The lowest BCUT2D eigenvalue weighted by molar-refractivity contribution is 0.272. The Morgan fingerprint density at radius 2 is 1.85 bits per heavy atom. The number of pyridine rings is 2. The number of para-hydroxylation sites is 2. The molecule has 10 nitrogen and oxygen atoms in total. The third-order valence-electron chi connectivity index (χ3n) is 4.91. The summed E-state index contributed by atoms with van der Waals surface area (Å²) in [6.07, 6.45) is 2.38. The second kappa shape index (κ2) is 8.87. The summed E-state index contributed by atoms with van der Waals surface area (Å²) >= 11 is 0. The minimum atomic E-state index is 0.219. The Morgan fingerprint density at radius 1 is 1.00 bits per heavy atom. The summed E-state index contributed by atoms with van der Waals surface area (Å²) in [4.78, 5) is 13.6. The maximum absolute atomic E-state index is 6.06. The smallest absolute Gasteiger partial charge is 0.305 e. The average Bonchev–Trinajstić information content (AvgIpc) is 3.41. The zero-order chi connectivity index (χ0) is 22.6. The highest BCUT2D eigenvalue weighted by Gasteiger charge is 2.18. The van der Waals surface area contributed by atoms with Gasteiger partial charge in [0.2, 0.25) is 0 Å². The highest BCUT2D eigenvalue weighted by molar-refractivity contribution is 5.78. The maximum atomic E-state index is 6.06. The fourth-order valence-electron chi connectivity index (χ4n) is 3.42. The number of nitrogens with one attached hydrogen (secondary N) is 1. The van der Waals surface area contributed by atoms with Crippen molar-refractivity contribution in [1.29, 1.82) is 0 Å². The van der Waals surface area contributed by atoms with Crippen LogP contribution in [0.5, 0.6) is 6.01 Å². The van der Waals surface area contributed by atoms with Gasteiger partial charge < -0.3 is 10.1 Å². The molecule has 5 rings (SSSR count). The van der Waals surface area contributed by atoms with Crippen LogP contribution in [-0.4, -0.2) is 39.7 Å². The van der Waals surface area contributed by atoms with Crippen molar-refractivity contribution in [1.82, 2.24) is 39.7 Å². The predicted octanol–water partition coefficient (Wildman–Crippen LogP) is 3.09. The Bertz CT molecular complexity index is 1410. The van der Waals surface area contributed by atoms with Crippen molar-refractivity contribution in [3.05, 3.63) is 90.5 Å². The lowest BCUT2D eigenvalue weighted by Crippen LogP contribution is -2.09. The SMILES string of the molecule is C=C(Cc1ccccn1)Nc1cccc(COc2nc3ccccc3n2-c2nnnn2C)n1. The highest BCUT2D eigenvalue weighted by atomic mass is 16.5. The number of hydrogen-bond acceptors (Lipinski definition) is 8. The second-order valence-corrected chi connectivity index (χ2v) is 7.35. The van der Waals surface area contributed by atoms with E-state index >= 15 is 0 Å². The first-order valence-corrected chi connectivity index (χ1v) is 10.3. The second-order valence-electron chi connectivity index (χ2n) is 7.35. The van der Waals surface area contributed by atoms with Crippen molar-refractivity contribution in [3.8, 4) is 12.0 Å². The number of benzene rings is 1. The van der Waals surface area contributed by atoms with Crippen molar-refractivity contribution in [2.75, 3.05) is 5.32 Å². The third kappa shape index (κ3) is 4.40. The van der Waals surface area contributed by atoms with E-state index in [2.05, 4.69) is 42.4 Å². The monoisotopic (exact) mass is 439 g/mol. The van der Waals surface area contributed by atoms with Gasteiger partial charge in [-0.3, -0.25) is 4.98 Å². The fourth-order valence-corrected chi connectivity index (χ4v) is 3.42. The van der Waals surface area contributed by atoms with Gasteiger partial charge in [-0.05, 0) is 46.8 Å². The Kier molecular flexibility index (Phi) is 5.46. The van der Waals surface area contributed by atoms with E-state index in [1.54, 1.807) is 22.5 Å². The Hall–Kier alpha value is -4.60. The molecule has 1 aromatic carbocycles. The summed E-state index contributed by atoms with van der Waals surface area (Å²) in [5.74, 6) is 1.19. The molecule has 10 heteroatoms. The number of aryl methyl sites for hydroxylation is 1. The van der Waals surface area contributed by atoms with Gasteiger partial charge >= 0.3 is 6.01 Å². The maximum Gasteiger partial charge on any atom is 0.305 e. The number of allylic oxidation sites excluding steroid dienone is 1. The van der Waals surface area contributed by atoms with Crippen LogP contribution in [0.4, 0.5) is 5.82 Å². The molecule has 5 aromatic rings. The van der Waals surface area contributed by atoms with Crippen molar-refractivity contribution in [2.45, 2.75) is 13.0 Å². The van der Waals surface area contributed by atoms with Crippen LogP contribution in [0.25, 0.3) is 17.0 Å². The van der Waals surface area contributed by atoms with Crippen molar-refractivity contribution >= 4 is 16.9 Å². The molecule has 0 aliphatic carbocycles. The molecule has 0 fully saturated rings. The quantitative estimate of drug-likeness (QED) is 0.393. The third-order valence-corrected chi connectivity index (χ3v) is 4.91. The zero-order valence-electron chi connectivity index (χ0n) is 18.0. The number of imidazole rings is 1. The summed E-state index contributed by atoms with van der Waals surface area (Å²) in [7, 11) is 1.77. The van der Waals surface area contributed by atoms with Gasteiger partial charge in [0.15, 0.2) is 0 Å². The number of fused-ring (bicyclic) bond motifs is 1. The zero-order valence-corrected chi connectivity index (χ0v) is 18.0. The first-order valence-electron chi connectivity index (χ1n) is 10.3. The molecule has 0 spiro atoms. The minimum absolute atomic E-state index is 0.219. The highest BCUT2D eigenvalue weighted by Crippen LogP contribution is 2.25. The molecule has 33 heavy (non-hydrogen) atoms. The van der Waals surface area contributed by atoms with Gasteiger partial charge in [-0.1, -0.05) is 35.9 Å². The lowest BCUT2D eigenvalue weighted by atomic mass is 10.2. The van der Waals surface area contributed by atoms with Crippen molar-refractivity contribution in [3.63, 3.8) is 0 Å². The van der Waals surface area contributed by atoms with Crippen LogP contribution >= 0.6 is 0 Å². The van der Waals surface area contributed by atoms with Crippen molar-refractivity contribution < 1.29 is 4.74 Å². The topological polar surface area (TPSA) is 108 Å². The van der Waals surface area contributed by atoms with Gasteiger partial charge in [-0.25, -0.2) is 14.2 Å². The van der Waals surface area contributed by atoms with E-state index in [1.807, 2.05) is 60.7 Å². The van der Waals surface area contributed by atoms with Gasteiger partial charge in [0.25, 0.3) is 5.95 Å². The Balaban J connectivity index is 1.33. The predicted molar refractivity (Wildman–Crippen MR) is 123 cm³/mol. The van der Waals surface area contributed by atoms with Crippen molar-refractivity contribution in [2.24, 2.45) is 7.05 Å². The van der Waals surface area contributed by atoms with Crippen LogP contribution < -0.4 is 10.1 Å². The van der Waals surface area contributed by atoms with Gasteiger partial charge in [0.05, 0.1) is 16.7 Å². The van der Waals surface area contributed by atoms with Crippen LogP contribution in [0, 0.1) is 0 Å². The molecule has 0 aliphatic heterocycles. The van der Waals surface area contributed by atoms with Crippen LogP contribution in [0.2, 0.25) is 0 Å². The van der Waals surface area contributed by atoms with Gasteiger partial charge in [-0.15, -0.1) is 0 Å². The number of hydrogen-bond donors (Lipinski definition) is 1. The molecule has 0 amide bonds. The molecule has 4 aromatic heterocycles. The number of anilines is 1. The fraction of sp³-hybridized carbons (Fsp3) is 0.130. The Labute approximate surface area is 189 Å². The normalized spacial score (nSPS) is 10.9. The first kappa shape index (κ1) is 20.3. The van der Waals surface area contributed by atoms with Crippen LogP contribution in [0.1, 0.15) is 11.4 Å². The molecular weight excluding hydrogens is 418 g/mol. The van der Waals surface area contributed by atoms with Gasteiger partial charge in [0.1, 0.15) is 12.4 Å². The number of ether oxygens (including phenoxy) is 1.